The standard InChI is InChI=1S/C28H31N3O7/c1-17(29-22-11-10-20-6-4-5-7-21(20)15-22)26(35)31(25(16-32)28(37)38-3)27(36)24(30-18(2)33)14-19-8-12-23(34)13-9-19/h4-13,15,17,24-25,29,32,34H,14,16H2,1-3H3,(H,30,33)/t17-,24-,25-/m0/s1. The molecule has 0 saturated heterocycles. The van der Waals surface area contributed by atoms with Crippen LogP contribution in [0, 0.1) is 0 Å². The number of phenols is 1. The van der Waals surface area contributed by atoms with Gasteiger partial charge in [0.1, 0.15) is 17.8 Å². The number of hydrogen-bond donors (Lipinski definition) is 4. The van der Waals surface area contributed by atoms with Crippen molar-refractivity contribution in [1.29, 1.82) is 0 Å². The number of rotatable bonds is 10. The highest BCUT2D eigenvalue weighted by Crippen LogP contribution is 2.21. The fourth-order valence-corrected chi connectivity index (χ4v) is 4.09. The number of nitrogens with one attached hydrogen (secondary N) is 2. The number of anilines is 1. The van der Waals surface area contributed by atoms with E-state index in [-0.39, 0.29) is 12.2 Å². The number of nitrogens with zero attached hydrogens (tertiary/aromatic N) is 1. The zero-order valence-electron chi connectivity index (χ0n) is 21.4. The van der Waals surface area contributed by atoms with Crippen molar-refractivity contribution < 1.29 is 34.1 Å². The smallest absolute Gasteiger partial charge is 0.331 e. The van der Waals surface area contributed by atoms with Gasteiger partial charge in [-0.3, -0.25) is 19.3 Å². The predicted octanol–water partition coefficient (Wildman–Crippen LogP) is 1.98. The van der Waals surface area contributed by atoms with Crippen LogP contribution in [0.3, 0.4) is 0 Å². The lowest BCUT2D eigenvalue weighted by Crippen LogP contribution is -2.60. The molecule has 0 aliphatic heterocycles. The summed E-state index contributed by atoms with van der Waals surface area (Å²) in [5.41, 5.74) is 1.20. The first-order chi connectivity index (χ1) is 18.1. The minimum Gasteiger partial charge on any atom is -0.508 e. The number of amides is 3. The molecule has 0 saturated carbocycles. The maximum Gasteiger partial charge on any atom is 0.331 e. The van der Waals surface area contributed by atoms with Crippen LogP contribution in [0.25, 0.3) is 10.8 Å². The molecule has 10 heteroatoms. The lowest BCUT2D eigenvalue weighted by molar-refractivity contribution is -0.162. The van der Waals surface area contributed by atoms with E-state index in [1.54, 1.807) is 18.2 Å². The lowest BCUT2D eigenvalue weighted by atomic mass is 10.0. The van der Waals surface area contributed by atoms with Gasteiger partial charge in [-0.2, -0.15) is 0 Å². The van der Waals surface area contributed by atoms with Gasteiger partial charge in [0.2, 0.25) is 5.91 Å². The van der Waals surface area contributed by atoms with Gasteiger partial charge in [-0.05, 0) is 47.5 Å². The molecular formula is C28H31N3O7. The summed E-state index contributed by atoms with van der Waals surface area (Å²) in [5.74, 6) is -3.19. The number of methoxy groups -OCH3 is 1. The molecule has 38 heavy (non-hydrogen) atoms. The van der Waals surface area contributed by atoms with Gasteiger partial charge in [-0.25, -0.2) is 4.79 Å². The summed E-state index contributed by atoms with van der Waals surface area (Å²) < 4.78 is 4.74. The van der Waals surface area contributed by atoms with E-state index in [9.17, 15) is 29.4 Å². The molecule has 4 N–H and O–H groups in total. The quantitative estimate of drug-likeness (QED) is 0.297. The largest absolute Gasteiger partial charge is 0.508 e. The maximum absolute atomic E-state index is 13.7. The van der Waals surface area contributed by atoms with Crippen molar-refractivity contribution in [3.63, 3.8) is 0 Å². The summed E-state index contributed by atoms with van der Waals surface area (Å²) in [6.07, 6.45) is -0.0335. The molecule has 3 atom stereocenters. The van der Waals surface area contributed by atoms with Crippen LogP contribution in [0.1, 0.15) is 19.4 Å². The normalized spacial score (nSPS) is 13.2. The number of aliphatic hydroxyl groups excluding tert-OH is 1. The molecule has 0 unspecified atom stereocenters. The van der Waals surface area contributed by atoms with Crippen molar-refractivity contribution in [2.45, 2.75) is 38.4 Å². The second-order valence-electron chi connectivity index (χ2n) is 8.82. The molecule has 3 rings (SSSR count). The van der Waals surface area contributed by atoms with Crippen LogP contribution in [0.15, 0.2) is 66.7 Å². The number of esters is 1. The third-order valence-electron chi connectivity index (χ3n) is 5.99. The van der Waals surface area contributed by atoms with Gasteiger partial charge in [0.25, 0.3) is 11.8 Å². The molecule has 0 aromatic heterocycles. The molecule has 0 aliphatic rings. The number of carbonyl (C=O) groups excluding carboxylic acids is 4. The third-order valence-corrected chi connectivity index (χ3v) is 5.99. The molecule has 0 heterocycles. The molecule has 0 fully saturated rings. The second kappa shape index (κ2) is 12.7. The van der Waals surface area contributed by atoms with Crippen molar-refractivity contribution in [2.24, 2.45) is 0 Å². The van der Waals surface area contributed by atoms with E-state index in [4.69, 9.17) is 4.74 Å². The van der Waals surface area contributed by atoms with Gasteiger partial charge >= 0.3 is 5.97 Å². The van der Waals surface area contributed by atoms with Crippen molar-refractivity contribution in [1.82, 2.24) is 10.2 Å². The topological polar surface area (TPSA) is 145 Å². The van der Waals surface area contributed by atoms with E-state index in [1.165, 1.54) is 26.0 Å². The average molecular weight is 522 g/mol. The molecule has 3 amide bonds. The van der Waals surface area contributed by atoms with E-state index < -0.39 is 48.4 Å². The summed E-state index contributed by atoms with van der Waals surface area (Å²) in [4.78, 5) is 52.5. The number of fused-ring (bicyclic) bond motifs is 1. The minimum atomic E-state index is -1.63. The Bertz CT molecular complexity index is 1310. The molecular weight excluding hydrogens is 490 g/mol. The minimum absolute atomic E-state index is 0.0209. The highest BCUT2D eigenvalue weighted by Gasteiger charge is 2.40. The van der Waals surface area contributed by atoms with Gasteiger partial charge in [0.15, 0.2) is 6.04 Å². The van der Waals surface area contributed by atoms with Gasteiger partial charge in [-0.15, -0.1) is 0 Å². The van der Waals surface area contributed by atoms with E-state index >= 15 is 0 Å². The number of hydrogen-bond acceptors (Lipinski definition) is 8. The predicted molar refractivity (Wildman–Crippen MR) is 141 cm³/mol. The SMILES string of the molecule is COC(=O)[C@H](CO)N(C(=O)[C@H](C)Nc1ccc2ccccc2c1)C(=O)[C@H](Cc1ccc(O)cc1)NC(C)=O. The van der Waals surface area contributed by atoms with Crippen LogP contribution in [-0.4, -0.2) is 70.6 Å². The molecule has 3 aromatic rings. The Hall–Kier alpha value is -4.44. The summed E-state index contributed by atoms with van der Waals surface area (Å²) >= 11 is 0. The van der Waals surface area contributed by atoms with Crippen LogP contribution < -0.4 is 10.6 Å². The number of aromatic hydroxyl groups is 1. The van der Waals surface area contributed by atoms with Gasteiger partial charge in [0.05, 0.1) is 13.7 Å². The van der Waals surface area contributed by atoms with Crippen molar-refractivity contribution in [3.8, 4) is 5.75 Å². The Morgan fingerprint density at radius 3 is 2.21 bits per heavy atom. The van der Waals surface area contributed by atoms with E-state index in [0.717, 1.165) is 17.9 Å². The summed E-state index contributed by atoms with van der Waals surface area (Å²) in [6.45, 7) is 1.87. The fraction of sp³-hybridized carbons (Fsp3) is 0.286. The van der Waals surface area contributed by atoms with Crippen LogP contribution in [-0.2, 0) is 30.3 Å². The van der Waals surface area contributed by atoms with Gasteiger partial charge in [-0.1, -0.05) is 42.5 Å². The molecule has 0 aliphatic carbocycles. The van der Waals surface area contributed by atoms with E-state index in [1.807, 2.05) is 36.4 Å². The van der Waals surface area contributed by atoms with Crippen LogP contribution >= 0.6 is 0 Å². The molecule has 200 valence electrons. The van der Waals surface area contributed by atoms with Crippen LogP contribution in [0.5, 0.6) is 5.75 Å². The second-order valence-corrected chi connectivity index (χ2v) is 8.82. The van der Waals surface area contributed by atoms with Crippen molar-refractivity contribution in [2.75, 3.05) is 19.0 Å². The van der Waals surface area contributed by atoms with E-state index in [0.29, 0.717) is 16.2 Å². The summed E-state index contributed by atoms with van der Waals surface area (Å²) in [7, 11) is 1.08. The highest BCUT2D eigenvalue weighted by atomic mass is 16.5. The van der Waals surface area contributed by atoms with Crippen molar-refractivity contribution >= 4 is 40.2 Å². The number of aliphatic hydroxyl groups is 1. The molecule has 0 radical (unpaired) electrons. The number of benzene rings is 3. The number of ether oxygens (including phenoxy) is 1. The van der Waals surface area contributed by atoms with Crippen LogP contribution in [0.2, 0.25) is 0 Å². The molecule has 0 spiro atoms. The molecule has 10 nitrogen and oxygen atoms in total. The number of imide groups is 1. The zero-order chi connectivity index (χ0) is 27.8. The Labute approximate surface area is 220 Å². The van der Waals surface area contributed by atoms with Gasteiger partial charge < -0.3 is 25.6 Å². The van der Waals surface area contributed by atoms with E-state index in [2.05, 4.69) is 10.6 Å². The first-order valence-electron chi connectivity index (χ1n) is 12.0. The first-order valence-corrected chi connectivity index (χ1v) is 12.0. The monoisotopic (exact) mass is 521 g/mol. The Morgan fingerprint density at radius 2 is 1.61 bits per heavy atom. The Morgan fingerprint density at radius 1 is 0.947 bits per heavy atom. The molecule has 0 bridgehead atoms. The fourth-order valence-electron chi connectivity index (χ4n) is 4.09. The molecule has 3 aromatic carbocycles. The summed E-state index contributed by atoms with van der Waals surface area (Å²) in [5, 5.41) is 27.1. The zero-order valence-corrected chi connectivity index (χ0v) is 21.4. The number of phenolic OH excluding ortho intramolecular Hbond substituents is 1. The highest BCUT2D eigenvalue weighted by molar-refractivity contribution is 6.05. The Balaban J connectivity index is 1.93. The average Bonchev–Trinajstić information content (AvgIpc) is 2.91. The lowest BCUT2D eigenvalue weighted by Gasteiger charge is -2.32. The van der Waals surface area contributed by atoms with Crippen molar-refractivity contribution in [3.05, 3.63) is 72.3 Å². The van der Waals surface area contributed by atoms with Crippen LogP contribution in [0.4, 0.5) is 5.69 Å². The maximum atomic E-state index is 13.7. The summed E-state index contributed by atoms with van der Waals surface area (Å²) in [6, 6.07) is 15.3. The third kappa shape index (κ3) is 6.86. The first kappa shape index (κ1) is 28.1. The van der Waals surface area contributed by atoms with Gasteiger partial charge in [0, 0.05) is 19.0 Å². The Kier molecular flexibility index (Phi) is 9.39. The number of carbonyl (C=O) groups is 4.